The van der Waals surface area contributed by atoms with Crippen molar-refractivity contribution in [3.8, 4) is 0 Å². The van der Waals surface area contributed by atoms with Gasteiger partial charge in [0.15, 0.2) is 0 Å². The first kappa shape index (κ1) is 13.4. The van der Waals surface area contributed by atoms with Crippen LogP contribution in [0.4, 0.5) is 0 Å². The van der Waals surface area contributed by atoms with Gasteiger partial charge in [-0.1, -0.05) is 6.92 Å². The van der Waals surface area contributed by atoms with E-state index < -0.39 is 5.97 Å². The molecule has 0 spiro atoms. The number of amides is 1. The van der Waals surface area contributed by atoms with Gasteiger partial charge in [0.1, 0.15) is 0 Å². The van der Waals surface area contributed by atoms with Gasteiger partial charge in [0, 0.05) is 19.7 Å². The summed E-state index contributed by atoms with van der Waals surface area (Å²) in [5.41, 5.74) is 0.658. The second-order valence-corrected chi connectivity index (χ2v) is 4.52. The molecule has 1 aromatic heterocycles. The molecule has 1 heterocycles. The van der Waals surface area contributed by atoms with E-state index in [-0.39, 0.29) is 5.91 Å². The van der Waals surface area contributed by atoms with Crippen LogP contribution in [0.1, 0.15) is 28.6 Å². The van der Waals surface area contributed by atoms with Crippen LogP contribution in [0.15, 0.2) is 17.5 Å². The van der Waals surface area contributed by atoms with Crippen LogP contribution >= 0.6 is 11.3 Å². The lowest BCUT2D eigenvalue weighted by molar-refractivity contribution is -0.131. The molecule has 17 heavy (non-hydrogen) atoms. The van der Waals surface area contributed by atoms with Crippen LogP contribution in [0.3, 0.4) is 0 Å². The van der Waals surface area contributed by atoms with Crippen molar-refractivity contribution in [1.29, 1.82) is 0 Å². The molecule has 0 radical (unpaired) electrons. The summed E-state index contributed by atoms with van der Waals surface area (Å²) in [6.45, 7) is 2.70. The Morgan fingerprint density at radius 3 is 2.82 bits per heavy atom. The third-order valence-corrected chi connectivity index (χ3v) is 3.12. The fourth-order valence-electron chi connectivity index (χ4n) is 1.40. The van der Waals surface area contributed by atoms with Crippen molar-refractivity contribution in [2.24, 2.45) is 0 Å². The van der Waals surface area contributed by atoms with Crippen molar-refractivity contribution in [2.45, 2.75) is 13.3 Å². The van der Waals surface area contributed by atoms with Crippen LogP contribution in [-0.4, -0.2) is 35.5 Å². The number of hydrogen-bond donors (Lipinski definition) is 1. The number of rotatable bonds is 5. The van der Waals surface area contributed by atoms with E-state index in [2.05, 4.69) is 0 Å². The first-order valence-corrected chi connectivity index (χ1v) is 6.18. The summed E-state index contributed by atoms with van der Waals surface area (Å²) in [4.78, 5) is 24.7. The monoisotopic (exact) mass is 253 g/mol. The van der Waals surface area contributed by atoms with Crippen molar-refractivity contribution >= 4 is 29.3 Å². The lowest BCUT2D eigenvalue weighted by Crippen LogP contribution is -2.27. The van der Waals surface area contributed by atoms with E-state index in [1.54, 1.807) is 23.4 Å². The Labute approximate surface area is 104 Å². The van der Waals surface area contributed by atoms with E-state index in [9.17, 15) is 9.59 Å². The molecular weight excluding hydrogens is 238 g/mol. The average Bonchev–Trinajstić information content (AvgIpc) is 2.73. The summed E-state index contributed by atoms with van der Waals surface area (Å²) in [5.74, 6) is -1.08. The molecule has 0 unspecified atom stereocenters. The SMILES string of the molecule is CCCN(C)C(=O)c1sccc1C=CC(=O)O. The maximum Gasteiger partial charge on any atom is 0.328 e. The van der Waals surface area contributed by atoms with E-state index in [1.807, 2.05) is 6.92 Å². The minimum atomic E-state index is -1.02. The zero-order valence-electron chi connectivity index (χ0n) is 9.84. The topological polar surface area (TPSA) is 57.6 Å². The Kier molecular flexibility index (Phi) is 4.90. The van der Waals surface area contributed by atoms with Gasteiger partial charge < -0.3 is 10.0 Å². The highest BCUT2D eigenvalue weighted by atomic mass is 32.1. The van der Waals surface area contributed by atoms with Gasteiger partial charge in [-0.05, 0) is 29.5 Å². The number of nitrogens with zero attached hydrogens (tertiary/aromatic N) is 1. The smallest absolute Gasteiger partial charge is 0.328 e. The molecule has 4 nitrogen and oxygen atoms in total. The summed E-state index contributed by atoms with van der Waals surface area (Å²) in [6.07, 6.45) is 3.39. The number of carbonyl (C=O) groups excluding carboxylic acids is 1. The van der Waals surface area contributed by atoms with E-state index in [0.717, 1.165) is 12.5 Å². The molecule has 1 amide bonds. The summed E-state index contributed by atoms with van der Waals surface area (Å²) in [7, 11) is 1.75. The highest BCUT2D eigenvalue weighted by Crippen LogP contribution is 2.20. The highest BCUT2D eigenvalue weighted by Gasteiger charge is 2.15. The number of carboxylic acid groups (broad SMARTS) is 1. The minimum Gasteiger partial charge on any atom is -0.478 e. The van der Waals surface area contributed by atoms with Gasteiger partial charge >= 0.3 is 5.97 Å². The Hall–Kier alpha value is -1.62. The van der Waals surface area contributed by atoms with Crippen molar-refractivity contribution in [2.75, 3.05) is 13.6 Å². The Morgan fingerprint density at radius 1 is 1.53 bits per heavy atom. The molecule has 0 saturated carbocycles. The fourth-order valence-corrected chi connectivity index (χ4v) is 2.28. The number of thiophene rings is 1. The maximum absolute atomic E-state index is 12.0. The molecule has 1 aromatic rings. The van der Waals surface area contributed by atoms with Crippen LogP contribution in [0.2, 0.25) is 0 Å². The lowest BCUT2D eigenvalue weighted by Gasteiger charge is -2.15. The Morgan fingerprint density at radius 2 is 2.24 bits per heavy atom. The summed E-state index contributed by atoms with van der Waals surface area (Å²) < 4.78 is 0. The summed E-state index contributed by atoms with van der Waals surface area (Å²) >= 11 is 1.33. The van der Waals surface area contributed by atoms with Gasteiger partial charge in [-0.3, -0.25) is 4.79 Å². The van der Waals surface area contributed by atoms with Crippen LogP contribution in [0.5, 0.6) is 0 Å². The molecule has 1 N–H and O–H groups in total. The van der Waals surface area contributed by atoms with Gasteiger partial charge in [0.05, 0.1) is 4.88 Å². The molecule has 0 aliphatic rings. The number of carbonyl (C=O) groups is 2. The summed E-state index contributed by atoms with van der Waals surface area (Å²) in [6, 6.07) is 1.75. The van der Waals surface area contributed by atoms with Crippen LogP contribution in [0, 0.1) is 0 Å². The Balaban J connectivity index is 2.88. The number of hydrogen-bond acceptors (Lipinski definition) is 3. The molecule has 5 heteroatoms. The van der Waals surface area contributed by atoms with Gasteiger partial charge in [-0.25, -0.2) is 4.79 Å². The van der Waals surface area contributed by atoms with E-state index >= 15 is 0 Å². The molecule has 0 aromatic carbocycles. The molecule has 0 aliphatic heterocycles. The molecule has 0 atom stereocenters. The van der Waals surface area contributed by atoms with E-state index in [1.165, 1.54) is 17.4 Å². The van der Waals surface area contributed by atoms with Crippen molar-refractivity contribution in [1.82, 2.24) is 4.90 Å². The molecule has 1 rings (SSSR count). The quantitative estimate of drug-likeness (QED) is 0.819. The van der Waals surface area contributed by atoms with E-state index in [4.69, 9.17) is 5.11 Å². The predicted molar refractivity (Wildman–Crippen MR) is 68.2 cm³/mol. The van der Waals surface area contributed by atoms with Gasteiger partial charge in [0.2, 0.25) is 0 Å². The van der Waals surface area contributed by atoms with Crippen LogP contribution in [0.25, 0.3) is 6.08 Å². The normalized spacial score (nSPS) is 10.7. The highest BCUT2D eigenvalue weighted by molar-refractivity contribution is 7.12. The lowest BCUT2D eigenvalue weighted by atomic mass is 10.2. The third-order valence-electron chi connectivity index (χ3n) is 2.20. The minimum absolute atomic E-state index is 0.0631. The zero-order valence-corrected chi connectivity index (χ0v) is 10.7. The predicted octanol–water partition coefficient (Wildman–Crippen LogP) is 2.33. The molecule has 0 fully saturated rings. The van der Waals surface area contributed by atoms with Crippen LogP contribution < -0.4 is 0 Å². The molecule has 0 saturated heterocycles. The number of carboxylic acids is 1. The second kappa shape index (κ2) is 6.20. The largest absolute Gasteiger partial charge is 0.478 e. The molecular formula is C12H15NO3S. The fraction of sp³-hybridized carbons (Fsp3) is 0.333. The first-order chi connectivity index (χ1) is 8.06. The van der Waals surface area contributed by atoms with Crippen molar-refractivity contribution in [3.05, 3.63) is 28.0 Å². The maximum atomic E-state index is 12.0. The van der Waals surface area contributed by atoms with Gasteiger partial charge in [0.25, 0.3) is 5.91 Å². The van der Waals surface area contributed by atoms with Crippen molar-refractivity contribution in [3.63, 3.8) is 0 Å². The molecule has 92 valence electrons. The molecule has 0 bridgehead atoms. The Bertz CT molecular complexity index is 437. The van der Waals surface area contributed by atoms with E-state index in [0.29, 0.717) is 17.0 Å². The second-order valence-electron chi connectivity index (χ2n) is 3.60. The summed E-state index contributed by atoms with van der Waals surface area (Å²) in [5, 5.41) is 10.3. The van der Waals surface area contributed by atoms with Crippen molar-refractivity contribution < 1.29 is 14.7 Å². The zero-order chi connectivity index (χ0) is 12.8. The third kappa shape index (κ3) is 3.71. The average molecular weight is 253 g/mol. The molecule has 0 aliphatic carbocycles. The standard InChI is InChI=1S/C12H15NO3S/c1-3-7-13(2)12(16)11-9(6-8-17-11)4-5-10(14)15/h4-6,8H,3,7H2,1-2H3,(H,14,15). The first-order valence-electron chi connectivity index (χ1n) is 5.30. The van der Waals surface area contributed by atoms with Gasteiger partial charge in [-0.2, -0.15) is 0 Å². The van der Waals surface area contributed by atoms with Crippen LogP contribution in [-0.2, 0) is 4.79 Å². The van der Waals surface area contributed by atoms with Gasteiger partial charge in [-0.15, -0.1) is 11.3 Å². The number of aliphatic carboxylic acids is 1.